The third-order valence-corrected chi connectivity index (χ3v) is 6.78. The highest BCUT2D eigenvalue weighted by Crippen LogP contribution is 2.26. The molecular formula is C18H37N5O2S. The highest BCUT2D eigenvalue weighted by Gasteiger charge is 2.30. The Morgan fingerprint density at radius 2 is 1.96 bits per heavy atom. The molecule has 7 nitrogen and oxygen atoms in total. The van der Waals surface area contributed by atoms with Gasteiger partial charge in [0.25, 0.3) is 0 Å². The van der Waals surface area contributed by atoms with Crippen LogP contribution in [0, 0.1) is 0 Å². The van der Waals surface area contributed by atoms with Crippen LogP contribution in [0.1, 0.15) is 52.4 Å². The van der Waals surface area contributed by atoms with Gasteiger partial charge in [-0.2, -0.15) is 0 Å². The van der Waals surface area contributed by atoms with Gasteiger partial charge in [-0.1, -0.05) is 19.8 Å². The summed E-state index contributed by atoms with van der Waals surface area (Å²) in [4.78, 5) is 7.28. The molecule has 1 aliphatic heterocycles. The number of nitrogens with zero attached hydrogens (tertiary/aromatic N) is 3. The molecule has 2 aliphatic rings. The normalized spacial score (nSPS) is 23.1. The van der Waals surface area contributed by atoms with Crippen molar-refractivity contribution in [1.82, 2.24) is 19.8 Å². The molecule has 0 amide bonds. The molecule has 1 atom stereocenters. The fraction of sp³-hybridized carbons (Fsp3) is 0.944. The third kappa shape index (κ3) is 6.70. The van der Waals surface area contributed by atoms with Gasteiger partial charge in [0.2, 0.25) is 10.0 Å². The first-order valence-electron chi connectivity index (χ1n) is 10.2. The van der Waals surface area contributed by atoms with Crippen LogP contribution in [-0.2, 0) is 10.0 Å². The molecule has 0 aromatic heterocycles. The highest BCUT2D eigenvalue weighted by atomic mass is 32.2. The molecule has 152 valence electrons. The first-order valence-corrected chi connectivity index (χ1v) is 12.0. The van der Waals surface area contributed by atoms with Crippen molar-refractivity contribution < 1.29 is 8.42 Å². The average molecular weight is 388 g/mol. The zero-order valence-electron chi connectivity index (χ0n) is 16.7. The third-order valence-electron chi connectivity index (χ3n) is 5.40. The molecule has 1 aliphatic carbocycles. The van der Waals surface area contributed by atoms with Gasteiger partial charge < -0.3 is 10.6 Å². The minimum absolute atomic E-state index is 0.455. The first kappa shape index (κ1) is 21.4. The van der Waals surface area contributed by atoms with Crippen LogP contribution in [0.4, 0.5) is 0 Å². The van der Waals surface area contributed by atoms with Gasteiger partial charge in [0.15, 0.2) is 5.96 Å². The molecule has 1 unspecified atom stereocenters. The summed E-state index contributed by atoms with van der Waals surface area (Å²) in [7, 11) is -3.11. The molecule has 1 saturated heterocycles. The lowest BCUT2D eigenvalue weighted by molar-refractivity contribution is 0.242. The second-order valence-corrected chi connectivity index (χ2v) is 9.41. The molecule has 0 radical (unpaired) electrons. The van der Waals surface area contributed by atoms with Gasteiger partial charge >= 0.3 is 0 Å². The predicted octanol–water partition coefficient (Wildman–Crippen LogP) is 1.23. The van der Waals surface area contributed by atoms with Gasteiger partial charge in [-0.05, 0) is 32.6 Å². The van der Waals surface area contributed by atoms with E-state index in [9.17, 15) is 8.42 Å². The summed E-state index contributed by atoms with van der Waals surface area (Å²) < 4.78 is 24.7. The molecule has 2 rings (SSSR count). The second-order valence-electron chi connectivity index (χ2n) is 7.43. The highest BCUT2D eigenvalue weighted by molar-refractivity contribution is 7.88. The maximum Gasteiger partial charge on any atom is 0.211 e. The zero-order valence-corrected chi connectivity index (χ0v) is 17.5. The summed E-state index contributed by atoms with van der Waals surface area (Å²) in [5.41, 5.74) is 0. The summed E-state index contributed by atoms with van der Waals surface area (Å²) in [6.07, 6.45) is 8.64. The lowest BCUT2D eigenvalue weighted by atomic mass is 10.2. The minimum atomic E-state index is -3.11. The molecule has 1 saturated carbocycles. The summed E-state index contributed by atoms with van der Waals surface area (Å²) in [6.45, 7) is 8.71. The predicted molar refractivity (Wildman–Crippen MR) is 108 cm³/mol. The molecule has 1 heterocycles. The Morgan fingerprint density at radius 1 is 1.23 bits per heavy atom. The number of rotatable bonds is 9. The lowest BCUT2D eigenvalue weighted by Gasteiger charge is -2.24. The fourth-order valence-corrected chi connectivity index (χ4v) is 4.95. The van der Waals surface area contributed by atoms with Crippen molar-refractivity contribution in [2.24, 2.45) is 4.99 Å². The van der Waals surface area contributed by atoms with E-state index in [1.54, 1.807) is 0 Å². The Morgan fingerprint density at radius 3 is 2.58 bits per heavy atom. The second kappa shape index (κ2) is 10.5. The zero-order chi connectivity index (χ0) is 19.0. The van der Waals surface area contributed by atoms with Crippen molar-refractivity contribution in [2.75, 3.05) is 45.5 Å². The maximum absolute atomic E-state index is 11.6. The van der Waals surface area contributed by atoms with Gasteiger partial charge in [0, 0.05) is 51.4 Å². The van der Waals surface area contributed by atoms with Crippen molar-refractivity contribution in [2.45, 2.75) is 64.5 Å². The van der Waals surface area contributed by atoms with E-state index in [4.69, 9.17) is 0 Å². The van der Waals surface area contributed by atoms with Gasteiger partial charge in [-0.15, -0.1) is 0 Å². The van der Waals surface area contributed by atoms with Crippen LogP contribution in [0.5, 0.6) is 0 Å². The van der Waals surface area contributed by atoms with Crippen LogP contribution < -0.4 is 10.6 Å². The topological polar surface area (TPSA) is 77.0 Å². The number of sulfonamides is 1. The molecule has 0 spiro atoms. The largest absolute Gasteiger partial charge is 0.357 e. The number of likely N-dealkylation sites (tertiary alicyclic amines) is 1. The molecule has 2 N–H and O–H groups in total. The molecule has 0 aromatic carbocycles. The van der Waals surface area contributed by atoms with E-state index < -0.39 is 10.0 Å². The van der Waals surface area contributed by atoms with Crippen molar-refractivity contribution in [1.29, 1.82) is 0 Å². The molecule has 0 bridgehead atoms. The number of nitrogens with one attached hydrogen (secondary N) is 2. The SMILES string of the molecule is CCNC(=NCCCN(CC)S(C)(=O)=O)NC1CCN(C2CCCC2)C1. The van der Waals surface area contributed by atoms with Crippen molar-refractivity contribution in [3.05, 3.63) is 0 Å². The van der Waals surface area contributed by atoms with E-state index >= 15 is 0 Å². The molecule has 26 heavy (non-hydrogen) atoms. The van der Waals surface area contributed by atoms with Crippen molar-refractivity contribution >= 4 is 16.0 Å². The maximum atomic E-state index is 11.6. The quantitative estimate of drug-likeness (QED) is 0.353. The molecular weight excluding hydrogens is 350 g/mol. The van der Waals surface area contributed by atoms with E-state index in [-0.39, 0.29) is 0 Å². The Bertz CT molecular complexity index is 546. The number of hydrogen-bond donors (Lipinski definition) is 2. The monoisotopic (exact) mass is 387 g/mol. The van der Waals surface area contributed by atoms with E-state index in [2.05, 4.69) is 27.4 Å². The van der Waals surface area contributed by atoms with E-state index in [0.717, 1.165) is 31.5 Å². The van der Waals surface area contributed by atoms with Crippen LogP contribution in [0.3, 0.4) is 0 Å². The van der Waals surface area contributed by atoms with Crippen molar-refractivity contribution in [3.8, 4) is 0 Å². The van der Waals surface area contributed by atoms with Gasteiger partial charge in [0.05, 0.1) is 6.26 Å². The lowest BCUT2D eigenvalue weighted by Crippen LogP contribution is -2.45. The van der Waals surface area contributed by atoms with Crippen LogP contribution in [0.25, 0.3) is 0 Å². The standard InChI is InChI=1S/C18H37N5O2S/c1-4-19-18(20-12-8-13-23(5-2)26(3,24)25)21-16-11-14-22(15-16)17-9-6-7-10-17/h16-17H,4-15H2,1-3H3,(H2,19,20,21). The minimum Gasteiger partial charge on any atom is -0.357 e. The Balaban J connectivity index is 1.77. The van der Waals surface area contributed by atoms with Gasteiger partial charge in [0.1, 0.15) is 0 Å². The molecule has 2 fully saturated rings. The summed E-state index contributed by atoms with van der Waals surface area (Å²) >= 11 is 0. The smallest absolute Gasteiger partial charge is 0.211 e. The van der Waals surface area contributed by atoms with E-state index in [1.807, 2.05) is 6.92 Å². The first-order chi connectivity index (χ1) is 12.4. The Labute approximate surface area is 159 Å². The van der Waals surface area contributed by atoms with Crippen molar-refractivity contribution in [3.63, 3.8) is 0 Å². The van der Waals surface area contributed by atoms with Crippen LogP contribution in [0.15, 0.2) is 4.99 Å². The van der Waals surface area contributed by atoms with E-state index in [0.29, 0.717) is 25.7 Å². The number of hydrogen-bond acceptors (Lipinski definition) is 4. The van der Waals surface area contributed by atoms with Gasteiger partial charge in [-0.3, -0.25) is 9.89 Å². The summed E-state index contributed by atoms with van der Waals surface area (Å²) in [6, 6.07) is 1.24. The fourth-order valence-electron chi connectivity index (χ4n) is 4.02. The molecule has 8 heteroatoms. The summed E-state index contributed by atoms with van der Waals surface area (Å²) in [5.74, 6) is 0.855. The summed E-state index contributed by atoms with van der Waals surface area (Å²) in [5, 5.41) is 6.88. The molecule has 0 aromatic rings. The van der Waals surface area contributed by atoms with Crippen LogP contribution in [-0.4, -0.2) is 81.2 Å². The Hall–Kier alpha value is -0.860. The van der Waals surface area contributed by atoms with E-state index in [1.165, 1.54) is 49.2 Å². The average Bonchev–Trinajstić information content (AvgIpc) is 3.24. The number of aliphatic imine (C=N–C) groups is 1. The number of guanidine groups is 1. The van der Waals surface area contributed by atoms with Crippen LogP contribution in [0.2, 0.25) is 0 Å². The van der Waals surface area contributed by atoms with Gasteiger partial charge in [-0.25, -0.2) is 12.7 Å². The Kier molecular flexibility index (Phi) is 8.63. The van der Waals surface area contributed by atoms with Crippen LogP contribution >= 0.6 is 0 Å².